The number of hydrogen-bond acceptors (Lipinski definition) is 7. The minimum Gasteiger partial charge on any atom is -0.403 e. The van der Waals surface area contributed by atoms with Crippen LogP contribution in [0.3, 0.4) is 0 Å². The van der Waals surface area contributed by atoms with Crippen molar-refractivity contribution in [3.05, 3.63) is 59.5 Å². The van der Waals surface area contributed by atoms with Gasteiger partial charge in [-0.15, -0.1) is 0 Å². The number of rotatable bonds is 3. The van der Waals surface area contributed by atoms with Gasteiger partial charge >= 0.3 is 6.16 Å². The van der Waals surface area contributed by atoms with Crippen LogP contribution in [0.25, 0.3) is 0 Å². The number of aromatic nitrogens is 3. The summed E-state index contributed by atoms with van der Waals surface area (Å²) in [5.41, 5.74) is 0.264. The van der Waals surface area contributed by atoms with E-state index in [1.165, 1.54) is 31.6 Å². The number of amides is 1. The maximum absolute atomic E-state index is 12.6. The number of pyridine rings is 1. The minimum atomic E-state index is -1.15. The van der Waals surface area contributed by atoms with Crippen molar-refractivity contribution in [2.45, 2.75) is 13.2 Å². The summed E-state index contributed by atoms with van der Waals surface area (Å²) in [4.78, 5) is 37.7. The van der Waals surface area contributed by atoms with Crippen LogP contribution in [0.15, 0.2) is 43.1 Å². The number of ether oxygens (including phenoxy) is 2. The number of allylic oxidation sites excluding steroid dienone is 1. The first-order chi connectivity index (χ1) is 11.5. The minimum absolute atomic E-state index is 0.0716. The third-order valence-corrected chi connectivity index (χ3v) is 3.26. The largest absolute Gasteiger partial charge is 0.515 e. The summed E-state index contributed by atoms with van der Waals surface area (Å²) in [6.45, 7) is 4.95. The first kappa shape index (κ1) is 15.9. The molecule has 2 aromatic heterocycles. The van der Waals surface area contributed by atoms with E-state index >= 15 is 0 Å². The molecule has 122 valence electrons. The number of nitrogens with zero attached hydrogens (tertiary/aromatic N) is 4. The van der Waals surface area contributed by atoms with Crippen LogP contribution in [0, 0.1) is 0 Å². The molecule has 1 aliphatic heterocycles. The number of anilines is 1. The van der Waals surface area contributed by atoms with Gasteiger partial charge in [0, 0.05) is 18.6 Å². The predicted molar refractivity (Wildman–Crippen MR) is 83.2 cm³/mol. The average Bonchev–Trinajstić information content (AvgIpc) is 2.81. The van der Waals surface area contributed by atoms with Gasteiger partial charge in [0.2, 0.25) is 6.23 Å². The van der Waals surface area contributed by atoms with Crippen molar-refractivity contribution in [2.75, 3.05) is 4.90 Å². The number of carbonyl (C=O) groups is 2. The Labute approximate surface area is 141 Å². The van der Waals surface area contributed by atoms with E-state index in [2.05, 4.69) is 21.5 Å². The molecule has 0 bridgehead atoms. The topological polar surface area (TPSA) is 94.5 Å². The third-order valence-electron chi connectivity index (χ3n) is 3.04. The molecular weight excluding hydrogens is 336 g/mol. The Morgan fingerprint density at radius 3 is 2.71 bits per heavy atom. The van der Waals surface area contributed by atoms with Gasteiger partial charge in [-0.1, -0.05) is 18.2 Å². The van der Waals surface area contributed by atoms with Crippen molar-refractivity contribution in [3.63, 3.8) is 0 Å². The Kier molecular flexibility index (Phi) is 4.13. The lowest BCUT2D eigenvalue weighted by atomic mass is 10.3. The molecule has 0 aromatic carbocycles. The highest BCUT2D eigenvalue weighted by atomic mass is 35.5. The molecule has 2 aromatic rings. The van der Waals surface area contributed by atoms with Crippen molar-refractivity contribution in [2.24, 2.45) is 0 Å². The van der Waals surface area contributed by atoms with Gasteiger partial charge in [-0.05, 0) is 19.1 Å². The van der Waals surface area contributed by atoms with Crippen LogP contribution in [-0.2, 0) is 9.47 Å². The Morgan fingerprint density at radius 2 is 2.04 bits per heavy atom. The second-order valence-electron chi connectivity index (χ2n) is 4.82. The van der Waals surface area contributed by atoms with E-state index in [1.54, 1.807) is 6.07 Å². The summed E-state index contributed by atoms with van der Waals surface area (Å²) in [5, 5.41) is 0.401. The lowest BCUT2D eigenvalue weighted by Gasteiger charge is -2.22. The van der Waals surface area contributed by atoms with Crippen LogP contribution < -0.4 is 4.90 Å². The molecule has 1 atom stereocenters. The molecule has 0 radical (unpaired) electrons. The molecule has 0 unspecified atom stereocenters. The molecular formula is C15H11ClN4O4. The first-order valence-electron chi connectivity index (χ1n) is 6.77. The summed E-state index contributed by atoms with van der Waals surface area (Å²) < 4.78 is 10.0. The van der Waals surface area contributed by atoms with Gasteiger partial charge in [0.15, 0.2) is 5.69 Å². The molecule has 0 saturated heterocycles. The van der Waals surface area contributed by atoms with Crippen molar-refractivity contribution in [1.29, 1.82) is 0 Å². The van der Waals surface area contributed by atoms with E-state index < -0.39 is 18.3 Å². The molecule has 0 N–H and O–H groups in total. The number of carbonyl (C=O) groups excluding carboxylic acids is 2. The van der Waals surface area contributed by atoms with Gasteiger partial charge in [-0.3, -0.25) is 9.78 Å². The Hall–Kier alpha value is -3.00. The van der Waals surface area contributed by atoms with E-state index in [1.807, 2.05) is 0 Å². The summed E-state index contributed by atoms with van der Waals surface area (Å²) in [5.74, 6) is -0.113. The van der Waals surface area contributed by atoms with E-state index in [-0.39, 0.29) is 23.0 Å². The zero-order valence-electron chi connectivity index (χ0n) is 12.5. The van der Waals surface area contributed by atoms with E-state index in [0.717, 1.165) is 4.90 Å². The predicted octanol–water partition coefficient (Wildman–Crippen LogP) is 2.87. The molecule has 8 nitrogen and oxygen atoms in total. The summed E-state index contributed by atoms with van der Waals surface area (Å²) in [6, 6.07) is 3.08. The monoisotopic (exact) mass is 346 g/mol. The van der Waals surface area contributed by atoms with Crippen LogP contribution in [0.2, 0.25) is 5.02 Å². The average molecular weight is 347 g/mol. The summed E-state index contributed by atoms with van der Waals surface area (Å²) in [7, 11) is 0. The summed E-state index contributed by atoms with van der Waals surface area (Å²) >= 11 is 5.82. The normalized spacial score (nSPS) is 15.8. The Morgan fingerprint density at radius 1 is 1.29 bits per heavy atom. The standard InChI is InChI=1S/C15H11ClN4O4/c1-8(2)23-15(22)24-14-12-11(17-5-6-18-12)13(21)20(14)10-4-3-9(16)7-19-10/h3-7,14H,1H2,2H3/t14-/m0/s1. The lowest BCUT2D eigenvalue weighted by Crippen LogP contribution is -2.31. The van der Waals surface area contributed by atoms with Crippen LogP contribution in [0.4, 0.5) is 10.6 Å². The van der Waals surface area contributed by atoms with Gasteiger partial charge < -0.3 is 9.47 Å². The third kappa shape index (κ3) is 2.91. The number of hydrogen-bond donors (Lipinski definition) is 0. The van der Waals surface area contributed by atoms with E-state index in [0.29, 0.717) is 5.02 Å². The zero-order chi connectivity index (χ0) is 17.3. The smallest absolute Gasteiger partial charge is 0.403 e. The van der Waals surface area contributed by atoms with Crippen LogP contribution in [0.5, 0.6) is 0 Å². The fourth-order valence-corrected chi connectivity index (χ4v) is 2.25. The van der Waals surface area contributed by atoms with Gasteiger partial charge in [0.1, 0.15) is 17.3 Å². The molecule has 1 amide bonds. The van der Waals surface area contributed by atoms with Crippen LogP contribution in [0.1, 0.15) is 29.3 Å². The summed E-state index contributed by atoms with van der Waals surface area (Å²) in [6.07, 6.45) is 1.97. The van der Waals surface area contributed by atoms with Crippen molar-refractivity contribution in [1.82, 2.24) is 15.0 Å². The lowest BCUT2D eigenvalue weighted by molar-refractivity contribution is 0.0400. The van der Waals surface area contributed by atoms with Gasteiger partial charge in [-0.2, -0.15) is 0 Å². The van der Waals surface area contributed by atoms with Gasteiger partial charge in [0.25, 0.3) is 5.91 Å². The fraction of sp³-hybridized carbons (Fsp3) is 0.133. The second-order valence-corrected chi connectivity index (χ2v) is 5.26. The van der Waals surface area contributed by atoms with Crippen molar-refractivity contribution >= 4 is 29.5 Å². The molecule has 24 heavy (non-hydrogen) atoms. The molecule has 9 heteroatoms. The Balaban J connectivity index is 1.99. The molecule has 0 fully saturated rings. The van der Waals surface area contributed by atoms with Crippen LogP contribution in [-0.4, -0.2) is 27.0 Å². The highest BCUT2D eigenvalue weighted by molar-refractivity contribution is 6.30. The first-order valence-corrected chi connectivity index (χ1v) is 7.15. The van der Waals surface area contributed by atoms with E-state index in [4.69, 9.17) is 21.1 Å². The SMILES string of the molecule is C=C(C)OC(=O)O[C@H]1c2nccnc2C(=O)N1c1ccc(Cl)cn1. The highest BCUT2D eigenvalue weighted by Gasteiger charge is 2.44. The van der Waals surface area contributed by atoms with Crippen molar-refractivity contribution < 1.29 is 19.1 Å². The molecule has 0 spiro atoms. The quantitative estimate of drug-likeness (QED) is 0.623. The fourth-order valence-electron chi connectivity index (χ4n) is 2.14. The molecule has 3 rings (SSSR count). The van der Waals surface area contributed by atoms with Crippen LogP contribution >= 0.6 is 11.6 Å². The van der Waals surface area contributed by atoms with Gasteiger partial charge in [0.05, 0.1) is 5.02 Å². The highest BCUT2D eigenvalue weighted by Crippen LogP contribution is 2.35. The molecule has 0 saturated carbocycles. The molecule has 3 heterocycles. The second kappa shape index (κ2) is 6.25. The maximum atomic E-state index is 12.6. The number of halogens is 1. The number of fused-ring (bicyclic) bond motifs is 1. The van der Waals surface area contributed by atoms with Gasteiger partial charge in [-0.25, -0.2) is 19.7 Å². The van der Waals surface area contributed by atoms with Crippen molar-refractivity contribution in [3.8, 4) is 0 Å². The zero-order valence-corrected chi connectivity index (χ0v) is 13.2. The molecule has 0 aliphatic carbocycles. The maximum Gasteiger partial charge on any atom is 0.515 e. The Bertz CT molecular complexity index is 824. The molecule has 1 aliphatic rings. The van der Waals surface area contributed by atoms with E-state index in [9.17, 15) is 9.59 Å².